The summed E-state index contributed by atoms with van der Waals surface area (Å²) in [4.78, 5) is 8.05. The highest BCUT2D eigenvalue weighted by molar-refractivity contribution is 9.10. The van der Waals surface area contributed by atoms with Gasteiger partial charge < -0.3 is 10.8 Å². The second kappa shape index (κ2) is 3.09. The van der Waals surface area contributed by atoms with E-state index in [0.29, 0.717) is 21.5 Å². The molecule has 0 radical (unpaired) electrons. The number of nitrogens with two attached hydrogens (primary N) is 1. The van der Waals surface area contributed by atoms with E-state index >= 15 is 0 Å². The highest BCUT2D eigenvalue weighted by Crippen LogP contribution is 2.32. The molecule has 4 nitrogen and oxygen atoms in total. The molecule has 0 spiro atoms. The van der Waals surface area contributed by atoms with E-state index in [9.17, 15) is 5.11 Å². The van der Waals surface area contributed by atoms with Crippen molar-refractivity contribution in [2.24, 2.45) is 0 Å². The van der Waals surface area contributed by atoms with Gasteiger partial charge in [0.15, 0.2) is 0 Å². The Morgan fingerprint density at radius 3 is 2.93 bits per heavy atom. The number of halogens is 1. The Hall–Kier alpha value is -1.36. The van der Waals surface area contributed by atoms with Crippen molar-refractivity contribution in [3.8, 4) is 5.75 Å². The molecule has 0 unspecified atom stereocenters. The fraction of sp³-hybridized carbons (Fsp3) is 0.111. The Morgan fingerprint density at radius 2 is 2.21 bits per heavy atom. The minimum absolute atomic E-state index is 0.141. The summed E-state index contributed by atoms with van der Waals surface area (Å²) in [6, 6.07) is 1.67. The number of aromatic nitrogens is 2. The molecule has 2 aromatic heterocycles. The average Bonchev–Trinajstić information content (AvgIpc) is 2.10. The third-order valence-electron chi connectivity index (χ3n) is 2.00. The van der Waals surface area contributed by atoms with Crippen molar-refractivity contribution < 1.29 is 5.11 Å². The van der Waals surface area contributed by atoms with Gasteiger partial charge in [-0.2, -0.15) is 0 Å². The molecule has 0 aliphatic carbocycles. The molecule has 2 aromatic rings. The summed E-state index contributed by atoms with van der Waals surface area (Å²) in [7, 11) is 0. The van der Waals surface area contributed by atoms with Crippen molar-refractivity contribution in [1.29, 1.82) is 0 Å². The van der Waals surface area contributed by atoms with Gasteiger partial charge in [-0.3, -0.25) is 4.98 Å². The van der Waals surface area contributed by atoms with Gasteiger partial charge in [0.1, 0.15) is 16.2 Å². The summed E-state index contributed by atoms with van der Waals surface area (Å²) in [5.74, 6) is 0.538. The predicted octanol–water partition coefficient (Wildman–Crippen LogP) is 1.99. The summed E-state index contributed by atoms with van der Waals surface area (Å²) >= 11 is 3.25. The second-order valence-electron chi connectivity index (χ2n) is 2.99. The molecule has 5 heteroatoms. The molecule has 0 fully saturated rings. The molecule has 14 heavy (non-hydrogen) atoms. The first-order chi connectivity index (χ1) is 6.59. The predicted molar refractivity (Wildman–Crippen MR) is 58.1 cm³/mol. The van der Waals surface area contributed by atoms with Crippen LogP contribution in [0.1, 0.15) is 5.69 Å². The third kappa shape index (κ3) is 1.29. The van der Waals surface area contributed by atoms with Crippen LogP contribution in [0.25, 0.3) is 10.8 Å². The first-order valence-corrected chi connectivity index (χ1v) is 4.79. The van der Waals surface area contributed by atoms with Gasteiger partial charge in [-0.25, -0.2) is 4.98 Å². The Balaban J connectivity index is 2.95. The van der Waals surface area contributed by atoms with Crippen LogP contribution in [-0.2, 0) is 0 Å². The molecule has 0 aliphatic heterocycles. The Morgan fingerprint density at radius 1 is 1.50 bits per heavy atom. The molecule has 0 saturated carbocycles. The Bertz CT molecular complexity index is 513. The smallest absolute Gasteiger partial charge is 0.147 e. The van der Waals surface area contributed by atoms with E-state index in [2.05, 4.69) is 25.9 Å². The van der Waals surface area contributed by atoms with Crippen LogP contribution < -0.4 is 5.73 Å². The van der Waals surface area contributed by atoms with Crippen LogP contribution in [0.4, 0.5) is 5.82 Å². The highest BCUT2D eigenvalue weighted by atomic mass is 79.9. The maximum Gasteiger partial charge on any atom is 0.147 e. The number of hydrogen-bond donors (Lipinski definition) is 2. The van der Waals surface area contributed by atoms with Crippen molar-refractivity contribution in [2.45, 2.75) is 6.92 Å². The van der Waals surface area contributed by atoms with E-state index in [1.807, 2.05) is 0 Å². The molecule has 72 valence electrons. The molecule has 0 atom stereocenters. The molecule has 0 bridgehead atoms. The van der Waals surface area contributed by atoms with Gasteiger partial charge in [0.2, 0.25) is 0 Å². The van der Waals surface area contributed by atoms with Gasteiger partial charge in [0, 0.05) is 11.6 Å². The molecule has 2 heterocycles. The van der Waals surface area contributed by atoms with Gasteiger partial charge in [-0.1, -0.05) is 0 Å². The first-order valence-electron chi connectivity index (χ1n) is 4.00. The summed E-state index contributed by atoms with van der Waals surface area (Å²) in [5, 5.41) is 11.2. The number of anilines is 1. The van der Waals surface area contributed by atoms with E-state index in [0.717, 1.165) is 5.39 Å². The minimum Gasteiger partial charge on any atom is -0.505 e. The normalized spacial score (nSPS) is 10.7. The molecule has 0 aliphatic rings. The summed E-state index contributed by atoms with van der Waals surface area (Å²) in [5.41, 5.74) is 6.14. The van der Waals surface area contributed by atoms with E-state index in [-0.39, 0.29) is 5.75 Å². The first kappa shape index (κ1) is 9.21. The quantitative estimate of drug-likeness (QED) is 0.705. The van der Waals surface area contributed by atoms with Crippen molar-refractivity contribution in [1.82, 2.24) is 9.97 Å². The number of rotatable bonds is 0. The van der Waals surface area contributed by atoms with Crippen molar-refractivity contribution >= 4 is 32.5 Å². The standard InChI is InChI=1S/C9H8BrN3O/c1-4-8(14)7-5(3-12-4)2-6(11)13-9(7)10/h2-3,14H,1H3,(H2,11,13). The van der Waals surface area contributed by atoms with Crippen molar-refractivity contribution in [3.05, 3.63) is 22.6 Å². The van der Waals surface area contributed by atoms with Crippen molar-refractivity contribution in [2.75, 3.05) is 5.73 Å². The number of hydrogen-bond acceptors (Lipinski definition) is 4. The molecule has 3 N–H and O–H groups in total. The van der Waals surface area contributed by atoms with E-state index < -0.39 is 0 Å². The van der Waals surface area contributed by atoms with Crippen LogP contribution in [0.5, 0.6) is 5.75 Å². The topological polar surface area (TPSA) is 72.0 Å². The number of aromatic hydroxyl groups is 1. The highest BCUT2D eigenvalue weighted by Gasteiger charge is 2.09. The van der Waals surface area contributed by atoms with E-state index in [1.165, 1.54) is 0 Å². The lowest BCUT2D eigenvalue weighted by atomic mass is 10.2. The average molecular weight is 254 g/mol. The lowest BCUT2D eigenvalue weighted by Crippen LogP contribution is -1.93. The number of aryl methyl sites for hydroxylation is 1. The van der Waals surface area contributed by atoms with Crippen LogP contribution in [0, 0.1) is 6.92 Å². The fourth-order valence-electron chi connectivity index (χ4n) is 1.30. The summed E-state index contributed by atoms with van der Waals surface area (Å²) in [6.45, 7) is 1.73. The molecule has 0 amide bonds. The van der Waals surface area contributed by atoms with Crippen LogP contribution in [0.2, 0.25) is 0 Å². The SMILES string of the molecule is Cc1ncc2cc(N)nc(Br)c2c1O. The lowest BCUT2D eigenvalue weighted by molar-refractivity contribution is 0.474. The fourth-order valence-corrected chi connectivity index (χ4v) is 1.92. The van der Waals surface area contributed by atoms with Gasteiger partial charge in [0.25, 0.3) is 0 Å². The second-order valence-corrected chi connectivity index (χ2v) is 3.75. The number of nitrogen functional groups attached to an aromatic ring is 1. The van der Waals surface area contributed by atoms with Gasteiger partial charge in [-0.15, -0.1) is 0 Å². The molecular formula is C9H8BrN3O. The molecule has 0 saturated heterocycles. The zero-order valence-corrected chi connectivity index (χ0v) is 9.04. The zero-order valence-electron chi connectivity index (χ0n) is 7.45. The minimum atomic E-state index is 0.141. The van der Waals surface area contributed by atoms with Crippen LogP contribution in [0.3, 0.4) is 0 Å². The van der Waals surface area contributed by atoms with Crippen LogP contribution >= 0.6 is 15.9 Å². The maximum absolute atomic E-state index is 9.76. The Labute approximate surface area is 88.9 Å². The number of fused-ring (bicyclic) bond motifs is 1. The van der Waals surface area contributed by atoms with Gasteiger partial charge in [0.05, 0.1) is 11.1 Å². The maximum atomic E-state index is 9.76. The Kier molecular flexibility index (Phi) is 2.03. The van der Waals surface area contributed by atoms with Crippen LogP contribution in [0.15, 0.2) is 16.9 Å². The summed E-state index contributed by atoms with van der Waals surface area (Å²) in [6.07, 6.45) is 1.66. The summed E-state index contributed by atoms with van der Waals surface area (Å²) < 4.78 is 0.538. The largest absolute Gasteiger partial charge is 0.505 e. The van der Waals surface area contributed by atoms with E-state index in [4.69, 9.17) is 5.73 Å². The number of nitrogens with zero attached hydrogens (tertiary/aromatic N) is 2. The monoisotopic (exact) mass is 253 g/mol. The zero-order chi connectivity index (χ0) is 10.3. The van der Waals surface area contributed by atoms with E-state index in [1.54, 1.807) is 19.2 Å². The van der Waals surface area contributed by atoms with Crippen molar-refractivity contribution in [3.63, 3.8) is 0 Å². The molecular weight excluding hydrogens is 246 g/mol. The third-order valence-corrected chi connectivity index (χ3v) is 2.58. The van der Waals surface area contributed by atoms with Gasteiger partial charge >= 0.3 is 0 Å². The molecule has 0 aromatic carbocycles. The van der Waals surface area contributed by atoms with Crippen LogP contribution in [-0.4, -0.2) is 15.1 Å². The molecule has 2 rings (SSSR count). The lowest BCUT2D eigenvalue weighted by Gasteiger charge is -2.05. The number of pyridine rings is 2. The van der Waals surface area contributed by atoms with Gasteiger partial charge in [-0.05, 0) is 28.9 Å².